The van der Waals surface area contributed by atoms with Crippen LogP contribution in [0.4, 0.5) is 0 Å². The van der Waals surface area contributed by atoms with Gasteiger partial charge < -0.3 is 10.1 Å². The van der Waals surface area contributed by atoms with Gasteiger partial charge in [0.05, 0.1) is 6.10 Å². The first kappa shape index (κ1) is 16.3. The summed E-state index contributed by atoms with van der Waals surface area (Å²) in [4.78, 5) is 12.1. The third-order valence-electron chi connectivity index (χ3n) is 7.09. The standard InChI is InChI=1S/C19H33NO2/c1-5-7-8-15-14-11-13-12-19(14,9-10-22-15)17(18(13,3)4)20-16(21)6-2/h13-15,17H,5-12H2,1-4H3,(H,20,21)/t13-,14-,15-,17+,19?/m1/s1. The molecule has 2 aliphatic carbocycles. The van der Waals surface area contributed by atoms with E-state index in [4.69, 9.17) is 4.74 Å². The van der Waals surface area contributed by atoms with Gasteiger partial charge in [0.2, 0.25) is 5.91 Å². The molecular formula is C19H33NO2. The Hall–Kier alpha value is -0.570. The van der Waals surface area contributed by atoms with Crippen molar-refractivity contribution in [3.05, 3.63) is 0 Å². The molecule has 2 bridgehead atoms. The summed E-state index contributed by atoms with van der Waals surface area (Å²) in [6.07, 6.45) is 8.45. The van der Waals surface area contributed by atoms with Gasteiger partial charge in [-0.25, -0.2) is 0 Å². The predicted molar refractivity (Wildman–Crippen MR) is 88.5 cm³/mol. The fourth-order valence-electron chi connectivity index (χ4n) is 5.86. The second kappa shape index (κ2) is 5.81. The van der Waals surface area contributed by atoms with Crippen LogP contribution in [0.15, 0.2) is 0 Å². The third-order valence-corrected chi connectivity index (χ3v) is 7.09. The van der Waals surface area contributed by atoms with Crippen molar-refractivity contribution in [3.63, 3.8) is 0 Å². The maximum absolute atomic E-state index is 12.1. The Morgan fingerprint density at radius 1 is 1.32 bits per heavy atom. The minimum atomic E-state index is 0.218. The van der Waals surface area contributed by atoms with E-state index in [-0.39, 0.29) is 11.3 Å². The average molecular weight is 307 g/mol. The quantitative estimate of drug-likeness (QED) is 0.836. The van der Waals surface area contributed by atoms with E-state index in [0.717, 1.165) is 18.9 Å². The highest BCUT2D eigenvalue weighted by molar-refractivity contribution is 5.76. The van der Waals surface area contributed by atoms with Crippen LogP contribution in [-0.4, -0.2) is 24.7 Å². The van der Waals surface area contributed by atoms with Crippen molar-refractivity contribution >= 4 is 5.91 Å². The summed E-state index contributed by atoms with van der Waals surface area (Å²) in [5.41, 5.74) is 0.531. The van der Waals surface area contributed by atoms with E-state index < -0.39 is 0 Å². The molecule has 3 rings (SSSR count). The molecule has 22 heavy (non-hydrogen) atoms. The Morgan fingerprint density at radius 2 is 2.09 bits per heavy atom. The lowest BCUT2D eigenvalue weighted by Gasteiger charge is -2.53. The third kappa shape index (κ3) is 2.31. The van der Waals surface area contributed by atoms with Crippen LogP contribution in [0.2, 0.25) is 0 Å². The van der Waals surface area contributed by atoms with Crippen molar-refractivity contribution in [2.75, 3.05) is 6.61 Å². The lowest BCUT2D eigenvalue weighted by atomic mass is 9.59. The van der Waals surface area contributed by atoms with Gasteiger partial charge in [-0.15, -0.1) is 0 Å². The van der Waals surface area contributed by atoms with Crippen LogP contribution in [0.25, 0.3) is 0 Å². The molecule has 5 atom stereocenters. The summed E-state index contributed by atoms with van der Waals surface area (Å²) >= 11 is 0. The summed E-state index contributed by atoms with van der Waals surface area (Å²) in [5, 5.41) is 3.42. The van der Waals surface area contributed by atoms with Gasteiger partial charge in [0.25, 0.3) is 0 Å². The summed E-state index contributed by atoms with van der Waals surface area (Å²) in [6, 6.07) is 0.337. The van der Waals surface area contributed by atoms with Gasteiger partial charge in [0.1, 0.15) is 0 Å². The van der Waals surface area contributed by atoms with Gasteiger partial charge in [-0.05, 0) is 48.3 Å². The minimum absolute atomic E-state index is 0.218. The van der Waals surface area contributed by atoms with Crippen LogP contribution >= 0.6 is 0 Å². The van der Waals surface area contributed by atoms with E-state index in [9.17, 15) is 4.79 Å². The first-order chi connectivity index (χ1) is 10.5. The normalized spacial score (nSPS) is 42.2. The number of hydrogen-bond acceptors (Lipinski definition) is 2. The van der Waals surface area contributed by atoms with E-state index in [0.29, 0.717) is 29.9 Å². The van der Waals surface area contributed by atoms with Crippen molar-refractivity contribution in [1.29, 1.82) is 0 Å². The van der Waals surface area contributed by atoms with Crippen molar-refractivity contribution < 1.29 is 9.53 Å². The van der Waals surface area contributed by atoms with E-state index in [1.54, 1.807) is 0 Å². The van der Waals surface area contributed by atoms with Gasteiger partial charge in [-0.1, -0.05) is 40.5 Å². The molecule has 126 valence electrons. The molecule has 1 aliphatic heterocycles. The molecule has 1 heterocycles. The smallest absolute Gasteiger partial charge is 0.219 e. The minimum Gasteiger partial charge on any atom is -0.378 e. The van der Waals surface area contributed by atoms with Gasteiger partial charge in [-0.2, -0.15) is 0 Å². The molecule has 1 spiro atoms. The second-order valence-electron chi connectivity index (χ2n) is 8.45. The van der Waals surface area contributed by atoms with Crippen LogP contribution < -0.4 is 5.32 Å². The topological polar surface area (TPSA) is 38.3 Å². The highest BCUT2D eigenvalue weighted by Gasteiger charge is 2.68. The van der Waals surface area contributed by atoms with Crippen LogP contribution in [0, 0.1) is 22.7 Å². The van der Waals surface area contributed by atoms with Crippen LogP contribution in [0.5, 0.6) is 0 Å². The summed E-state index contributed by atoms with van der Waals surface area (Å²) < 4.78 is 6.18. The lowest BCUT2D eigenvalue weighted by molar-refractivity contribution is -0.137. The number of hydrogen-bond donors (Lipinski definition) is 1. The molecule has 3 nitrogen and oxygen atoms in total. The van der Waals surface area contributed by atoms with Crippen molar-refractivity contribution in [2.45, 2.75) is 84.8 Å². The van der Waals surface area contributed by atoms with Gasteiger partial charge >= 0.3 is 0 Å². The van der Waals surface area contributed by atoms with Gasteiger partial charge in [0, 0.05) is 19.1 Å². The first-order valence-electron chi connectivity index (χ1n) is 9.36. The number of nitrogens with one attached hydrogen (secondary N) is 1. The Kier molecular flexibility index (Phi) is 4.30. The molecule has 0 aromatic heterocycles. The summed E-state index contributed by atoms with van der Waals surface area (Å²) in [5.74, 6) is 1.62. The zero-order valence-electron chi connectivity index (χ0n) is 14.8. The van der Waals surface area contributed by atoms with Crippen LogP contribution in [0.1, 0.15) is 72.6 Å². The second-order valence-corrected chi connectivity index (χ2v) is 8.45. The number of rotatable bonds is 5. The summed E-state index contributed by atoms with van der Waals surface area (Å²) in [7, 11) is 0. The fourth-order valence-corrected chi connectivity index (χ4v) is 5.86. The molecule has 2 saturated carbocycles. The predicted octanol–water partition coefficient (Wildman–Crippen LogP) is 3.91. The van der Waals surface area contributed by atoms with Crippen LogP contribution in [-0.2, 0) is 9.53 Å². The van der Waals surface area contributed by atoms with Gasteiger partial charge in [-0.3, -0.25) is 4.79 Å². The number of ether oxygens (including phenoxy) is 1. The van der Waals surface area contributed by atoms with E-state index in [1.807, 2.05) is 6.92 Å². The average Bonchev–Trinajstić information content (AvgIpc) is 2.98. The van der Waals surface area contributed by atoms with Gasteiger partial charge in [0.15, 0.2) is 0 Å². The molecule has 0 aromatic carbocycles. The SMILES string of the molecule is CCCC[C@H]1OCCC23C[C@@H](C[C@H]12)C(C)(C)[C@@H]3NC(=O)CC. The molecule has 1 amide bonds. The van der Waals surface area contributed by atoms with Crippen molar-refractivity contribution in [2.24, 2.45) is 22.7 Å². The number of unbranched alkanes of at least 4 members (excludes halogenated alkanes) is 1. The van der Waals surface area contributed by atoms with Crippen molar-refractivity contribution in [1.82, 2.24) is 5.32 Å². The Bertz CT molecular complexity index is 433. The molecule has 0 radical (unpaired) electrons. The lowest BCUT2D eigenvalue weighted by Crippen LogP contribution is -2.60. The van der Waals surface area contributed by atoms with Crippen molar-refractivity contribution in [3.8, 4) is 0 Å². The zero-order chi connectivity index (χ0) is 16.0. The molecule has 3 heteroatoms. The molecule has 1 unspecified atom stereocenters. The van der Waals surface area contributed by atoms with E-state index >= 15 is 0 Å². The molecule has 3 aliphatic rings. The monoisotopic (exact) mass is 307 g/mol. The first-order valence-corrected chi connectivity index (χ1v) is 9.36. The fraction of sp³-hybridized carbons (Fsp3) is 0.947. The molecular weight excluding hydrogens is 274 g/mol. The number of carbonyl (C=O) groups excluding carboxylic acids is 1. The maximum Gasteiger partial charge on any atom is 0.219 e. The largest absolute Gasteiger partial charge is 0.378 e. The molecule has 0 aromatic rings. The Labute approximate surface area is 135 Å². The molecule has 3 fully saturated rings. The number of carbonyl (C=O) groups is 1. The molecule has 1 N–H and O–H groups in total. The molecule has 1 saturated heterocycles. The van der Waals surface area contributed by atoms with E-state index in [2.05, 4.69) is 26.1 Å². The van der Waals surface area contributed by atoms with Crippen LogP contribution in [0.3, 0.4) is 0 Å². The Balaban J connectivity index is 1.85. The Morgan fingerprint density at radius 3 is 2.77 bits per heavy atom. The highest BCUT2D eigenvalue weighted by atomic mass is 16.5. The maximum atomic E-state index is 12.1. The number of amides is 1. The summed E-state index contributed by atoms with van der Waals surface area (Å²) in [6.45, 7) is 9.84. The number of fused-ring (bicyclic) bond motifs is 1. The highest BCUT2D eigenvalue weighted by Crippen LogP contribution is 2.68. The zero-order valence-corrected chi connectivity index (χ0v) is 14.8. The van der Waals surface area contributed by atoms with E-state index in [1.165, 1.54) is 32.1 Å².